The van der Waals surface area contributed by atoms with E-state index in [1.165, 1.54) is 0 Å². The lowest BCUT2D eigenvalue weighted by Gasteiger charge is -2.34. The first-order valence-corrected chi connectivity index (χ1v) is 10.3. The lowest BCUT2D eigenvalue weighted by Crippen LogP contribution is -2.38. The molecule has 0 spiro atoms. The normalized spacial score (nSPS) is 14.3. The summed E-state index contributed by atoms with van der Waals surface area (Å²) in [5.74, 6) is 0.777. The van der Waals surface area contributed by atoms with Crippen LogP contribution in [0.5, 0.6) is 5.75 Å². The molecular weight excluding hydrogens is 376 g/mol. The fourth-order valence-corrected chi connectivity index (χ4v) is 3.97. The Kier molecular flexibility index (Phi) is 5.80. The van der Waals surface area contributed by atoms with Crippen molar-refractivity contribution in [2.45, 2.75) is 19.8 Å². The van der Waals surface area contributed by atoms with E-state index in [0.29, 0.717) is 25.3 Å². The number of amides is 1. The molecule has 0 radical (unpaired) electrons. The van der Waals surface area contributed by atoms with Gasteiger partial charge in [0.05, 0.1) is 23.4 Å². The van der Waals surface area contributed by atoms with E-state index in [9.17, 15) is 10.1 Å². The first kappa shape index (κ1) is 19.7. The molecule has 3 aromatic rings. The van der Waals surface area contributed by atoms with Crippen molar-refractivity contribution in [1.82, 2.24) is 4.98 Å². The number of carbonyl (C=O) groups is 1. The van der Waals surface area contributed by atoms with E-state index in [-0.39, 0.29) is 11.8 Å². The predicted octanol–water partition coefficient (Wildman–Crippen LogP) is 4.36. The molecule has 0 bridgehead atoms. The number of rotatable bonds is 5. The van der Waals surface area contributed by atoms with Gasteiger partial charge in [0.1, 0.15) is 11.8 Å². The van der Waals surface area contributed by atoms with E-state index in [2.05, 4.69) is 21.3 Å². The fourth-order valence-electron chi connectivity index (χ4n) is 3.97. The number of carbonyl (C=O) groups excluding carboxylic acids is 1. The zero-order valence-corrected chi connectivity index (χ0v) is 17.0. The van der Waals surface area contributed by atoms with Crippen molar-refractivity contribution in [1.29, 1.82) is 5.26 Å². The number of anilines is 2. The number of nitrogens with zero attached hydrogens (tertiary/aromatic N) is 3. The van der Waals surface area contributed by atoms with Gasteiger partial charge in [0.25, 0.3) is 0 Å². The summed E-state index contributed by atoms with van der Waals surface area (Å²) < 4.78 is 5.65. The number of nitriles is 1. The van der Waals surface area contributed by atoms with Crippen molar-refractivity contribution in [3.05, 3.63) is 60.3 Å². The monoisotopic (exact) mass is 400 g/mol. The minimum Gasteiger partial charge on any atom is -0.494 e. The molecule has 6 heteroatoms. The molecule has 0 unspecified atom stereocenters. The minimum atomic E-state index is -0.0425. The van der Waals surface area contributed by atoms with Gasteiger partial charge < -0.3 is 15.0 Å². The molecule has 152 valence electrons. The first-order chi connectivity index (χ1) is 14.7. The summed E-state index contributed by atoms with van der Waals surface area (Å²) in [6.45, 7) is 3.94. The Balaban J connectivity index is 1.54. The Morgan fingerprint density at radius 2 is 2.00 bits per heavy atom. The van der Waals surface area contributed by atoms with Gasteiger partial charge in [0.2, 0.25) is 5.91 Å². The summed E-state index contributed by atoms with van der Waals surface area (Å²) in [4.78, 5) is 19.3. The summed E-state index contributed by atoms with van der Waals surface area (Å²) in [6, 6.07) is 17.6. The fraction of sp³-hybridized carbons (Fsp3) is 0.292. The second-order valence-electron chi connectivity index (χ2n) is 7.36. The molecular formula is C24H24N4O2. The van der Waals surface area contributed by atoms with Crippen molar-refractivity contribution in [3.8, 4) is 11.8 Å². The van der Waals surface area contributed by atoms with E-state index < -0.39 is 0 Å². The summed E-state index contributed by atoms with van der Waals surface area (Å²) in [5.41, 5.74) is 3.07. The van der Waals surface area contributed by atoms with Gasteiger partial charge in [0.15, 0.2) is 0 Å². The maximum Gasteiger partial charge on any atom is 0.227 e. The zero-order chi connectivity index (χ0) is 20.9. The van der Waals surface area contributed by atoms with E-state index in [1.54, 1.807) is 6.20 Å². The van der Waals surface area contributed by atoms with Crippen LogP contribution in [0.15, 0.2) is 54.7 Å². The highest BCUT2D eigenvalue weighted by Gasteiger charge is 2.27. The average Bonchev–Trinajstić information content (AvgIpc) is 2.79. The van der Waals surface area contributed by atoms with Gasteiger partial charge in [0, 0.05) is 36.3 Å². The van der Waals surface area contributed by atoms with Crippen molar-refractivity contribution < 1.29 is 9.53 Å². The highest BCUT2D eigenvalue weighted by atomic mass is 16.5. The number of ether oxygens (including phenoxy) is 1. The van der Waals surface area contributed by atoms with Crippen molar-refractivity contribution in [2.24, 2.45) is 5.92 Å². The van der Waals surface area contributed by atoms with Gasteiger partial charge in [-0.25, -0.2) is 0 Å². The number of benzene rings is 2. The van der Waals surface area contributed by atoms with Crippen LogP contribution in [-0.4, -0.2) is 30.6 Å². The van der Waals surface area contributed by atoms with E-state index in [1.807, 2.05) is 55.5 Å². The molecule has 1 amide bonds. The predicted molar refractivity (Wildman–Crippen MR) is 118 cm³/mol. The number of fused-ring (bicyclic) bond motifs is 1. The topological polar surface area (TPSA) is 78.2 Å². The molecule has 1 aliphatic heterocycles. The molecule has 0 saturated carbocycles. The maximum absolute atomic E-state index is 12.7. The lowest BCUT2D eigenvalue weighted by molar-refractivity contribution is -0.120. The standard InChI is InChI=1S/C24H24N4O2/c1-2-30-20-8-9-22-21(14-20)23(18(15-25)16-26-22)28-12-10-17(11-13-28)24(29)27-19-6-4-3-5-7-19/h3-9,14,16-17H,2,10-13H2,1H3,(H,27,29). The van der Waals surface area contributed by atoms with Crippen molar-refractivity contribution in [3.63, 3.8) is 0 Å². The molecule has 1 saturated heterocycles. The second kappa shape index (κ2) is 8.83. The van der Waals surface area contributed by atoms with Crippen LogP contribution >= 0.6 is 0 Å². The number of hydrogen-bond acceptors (Lipinski definition) is 5. The van der Waals surface area contributed by atoms with Crippen LogP contribution in [-0.2, 0) is 4.79 Å². The smallest absolute Gasteiger partial charge is 0.227 e. The van der Waals surface area contributed by atoms with Crippen LogP contribution in [0.4, 0.5) is 11.4 Å². The van der Waals surface area contributed by atoms with Crippen molar-refractivity contribution in [2.75, 3.05) is 29.9 Å². The Labute approximate surface area is 176 Å². The molecule has 0 aliphatic carbocycles. The number of aromatic nitrogens is 1. The third-order valence-electron chi connectivity index (χ3n) is 5.47. The molecule has 0 atom stereocenters. The molecule has 6 nitrogen and oxygen atoms in total. The molecule has 2 aromatic carbocycles. The molecule has 30 heavy (non-hydrogen) atoms. The highest BCUT2D eigenvalue weighted by molar-refractivity contribution is 5.96. The average molecular weight is 400 g/mol. The Morgan fingerprint density at radius 3 is 2.70 bits per heavy atom. The van der Waals surface area contributed by atoms with Gasteiger partial charge in [-0.1, -0.05) is 18.2 Å². The number of piperidine rings is 1. The van der Waals surface area contributed by atoms with Crippen molar-refractivity contribution >= 4 is 28.2 Å². The molecule has 1 aromatic heterocycles. The molecule has 1 N–H and O–H groups in total. The van der Waals surface area contributed by atoms with Crippen LogP contribution in [0.25, 0.3) is 10.9 Å². The Morgan fingerprint density at radius 1 is 1.23 bits per heavy atom. The molecule has 1 fully saturated rings. The van der Waals surface area contributed by atoms with Crippen LogP contribution in [0.1, 0.15) is 25.3 Å². The van der Waals surface area contributed by atoms with Crippen LogP contribution in [0, 0.1) is 17.2 Å². The van der Waals surface area contributed by atoms with E-state index in [4.69, 9.17) is 4.74 Å². The quantitative estimate of drug-likeness (QED) is 0.688. The number of pyridine rings is 1. The number of hydrogen-bond donors (Lipinski definition) is 1. The second-order valence-corrected chi connectivity index (χ2v) is 7.36. The minimum absolute atomic E-state index is 0.0425. The Bertz CT molecular complexity index is 1080. The van der Waals surface area contributed by atoms with Gasteiger partial charge >= 0.3 is 0 Å². The third kappa shape index (κ3) is 4.06. The summed E-state index contributed by atoms with van der Waals surface area (Å²) in [7, 11) is 0. The summed E-state index contributed by atoms with van der Waals surface area (Å²) in [6.07, 6.45) is 3.10. The summed E-state index contributed by atoms with van der Waals surface area (Å²) >= 11 is 0. The number of nitrogens with one attached hydrogen (secondary N) is 1. The SMILES string of the molecule is CCOc1ccc2ncc(C#N)c(N3CCC(C(=O)Nc4ccccc4)CC3)c2c1. The molecule has 4 rings (SSSR count). The third-order valence-corrected chi connectivity index (χ3v) is 5.47. The maximum atomic E-state index is 12.7. The lowest BCUT2D eigenvalue weighted by atomic mass is 9.94. The summed E-state index contributed by atoms with van der Waals surface area (Å²) in [5, 5.41) is 13.6. The Hall–Kier alpha value is -3.59. The van der Waals surface area contributed by atoms with E-state index >= 15 is 0 Å². The van der Waals surface area contributed by atoms with Crippen LogP contribution < -0.4 is 15.0 Å². The van der Waals surface area contributed by atoms with Gasteiger partial charge in [-0.05, 0) is 50.1 Å². The van der Waals surface area contributed by atoms with E-state index in [0.717, 1.165) is 40.9 Å². The zero-order valence-electron chi connectivity index (χ0n) is 17.0. The van der Waals surface area contributed by atoms with Crippen LogP contribution in [0.3, 0.4) is 0 Å². The van der Waals surface area contributed by atoms with Gasteiger partial charge in [-0.2, -0.15) is 5.26 Å². The molecule has 2 heterocycles. The van der Waals surface area contributed by atoms with Crippen LogP contribution in [0.2, 0.25) is 0 Å². The highest BCUT2D eigenvalue weighted by Crippen LogP contribution is 2.34. The number of para-hydroxylation sites is 1. The molecule has 1 aliphatic rings. The van der Waals surface area contributed by atoms with Gasteiger partial charge in [-0.15, -0.1) is 0 Å². The van der Waals surface area contributed by atoms with Gasteiger partial charge in [-0.3, -0.25) is 9.78 Å². The first-order valence-electron chi connectivity index (χ1n) is 10.3. The largest absolute Gasteiger partial charge is 0.494 e.